The maximum Gasteiger partial charge on any atom is 0.290 e. The van der Waals surface area contributed by atoms with Crippen molar-refractivity contribution in [2.45, 2.75) is 37.8 Å². The van der Waals surface area contributed by atoms with Gasteiger partial charge in [0.15, 0.2) is 11.4 Å². The van der Waals surface area contributed by atoms with Gasteiger partial charge in [0.05, 0.1) is 18.7 Å². The monoisotopic (exact) mass is 425 g/mol. The predicted molar refractivity (Wildman–Crippen MR) is 112 cm³/mol. The Morgan fingerprint density at radius 3 is 2.74 bits per heavy atom. The minimum atomic E-state index is -0.250. The fourth-order valence-corrected chi connectivity index (χ4v) is 3.69. The van der Waals surface area contributed by atoms with Crippen LogP contribution >= 0.6 is 0 Å². The Balaban J connectivity index is 0.000000730. The maximum atomic E-state index is 8.36. The number of hydrogen-bond acceptors (Lipinski definition) is 8. The topological polar surface area (TPSA) is 138 Å². The molecule has 162 valence electrons. The maximum absolute atomic E-state index is 8.36. The molecule has 10 heteroatoms. The lowest BCUT2D eigenvalue weighted by Crippen LogP contribution is -2.31. The molecule has 0 radical (unpaired) electrons. The number of ether oxygens (including phenoxy) is 2. The average molecular weight is 425 g/mol. The third-order valence-corrected chi connectivity index (χ3v) is 5.20. The average Bonchev–Trinajstić information content (AvgIpc) is 3.39. The number of carboxylic acid groups (broad SMARTS) is 1. The lowest BCUT2D eigenvalue weighted by atomic mass is 9.94. The number of carbonyl (C=O) groups is 1. The molecule has 10 nitrogen and oxygen atoms in total. The number of aromatic nitrogens is 4. The number of hydrogen-bond donors (Lipinski definition) is 2. The van der Waals surface area contributed by atoms with Crippen LogP contribution in [-0.4, -0.2) is 50.4 Å². The summed E-state index contributed by atoms with van der Waals surface area (Å²) in [5.74, 6) is 1.73. The van der Waals surface area contributed by atoms with Crippen LogP contribution in [0.15, 0.2) is 41.1 Å². The predicted octanol–water partition coefficient (Wildman–Crippen LogP) is 2.90. The third kappa shape index (κ3) is 4.29. The largest absolute Gasteiger partial charge is 0.483 e. The van der Waals surface area contributed by atoms with Crippen molar-refractivity contribution in [1.29, 1.82) is 0 Å². The number of methoxy groups -OCH3 is 1. The van der Waals surface area contributed by atoms with E-state index in [4.69, 9.17) is 29.5 Å². The van der Waals surface area contributed by atoms with Crippen LogP contribution in [0.1, 0.15) is 25.7 Å². The van der Waals surface area contributed by atoms with Crippen LogP contribution in [0.4, 0.5) is 0 Å². The first-order chi connectivity index (χ1) is 15.1. The Hall–Kier alpha value is -3.66. The number of nitrogens with two attached hydrogens (primary N) is 1. The normalized spacial score (nSPS) is 18.4. The minimum Gasteiger partial charge on any atom is -0.483 e. The highest BCUT2D eigenvalue weighted by molar-refractivity contribution is 5.86. The zero-order valence-electron chi connectivity index (χ0n) is 17.0. The molecule has 0 spiro atoms. The highest BCUT2D eigenvalue weighted by Crippen LogP contribution is 2.32. The van der Waals surface area contributed by atoms with Gasteiger partial charge in [-0.25, -0.2) is 14.5 Å². The van der Waals surface area contributed by atoms with Crippen molar-refractivity contribution in [1.82, 2.24) is 19.6 Å². The van der Waals surface area contributed by atoms with Gasteiger partial charge in [0.1, 0.15) is 17.4 Å². The van der Waals surface area contributed by atoms with Gasteiger partial charge in [-0.1, -0.05) is 0 Å². The van der Waals surface area contributed by atoms with E-state index in [0.717, 1.165) is 42.4 Å². The third-order valence-electron chi connectivity index (χ3n) is 5.20. The van der Waals surface area contributed by atoms with E-state index in [9.17, 15) is 0 Å². The van der Waals surface area contributed by atoms with E-state index in [1.54, 1.807) is 30.1 Å². The van der Waals surface area contributed by atoms with Crippen molar-refractivity contribution < 1.29 is 23.8 Å². The second-order valence-corrected chi connectivity index (χ2v) is 7.19. The number of imidazole rings is 1. The second-order valence-electron chi connectivity index (χ2n) is 7.19. The van der Waals surface area contributed by atoms with Crippen LogP contribution in [0.3, 0.4) is 0 Å². The molecule has 0 atom stereocenters. The van der Waals surface area contributed by atoms with Gasteiger partial charge in [-0.05, 0) is 37.8 Å². The van der Waals surface area contributed by atoms with E-state index < -0.39 is 0 Å². The molecule has 4 aromatic rings. The number of rotatable bonds is 4. The molecule has 1 aliphatic carbocycles. The van der Waals surface area contributed by atoms with Gasteiger partial charge in [-0.2, -0.15) is 0 Å². The van der Waals surface area contributed by atoms with Crippen molar-refractivity contribution >= 4 is 23.1 Å². The number of nitrogens with zero attached hydrogens (tertiary/aromatic N) is 4. The fourth-order valence-electron chi connectivity index (χ4n) is 3.69. The van der Waals surface area contributed by atoms with Crippen LogP contribution in [0.2, 0.25) is 0 Å². The van der Waals surface area contributed by atoms with Gasteiger partial charge < -0.3 is 24.7 Å². The molecule has 0 aromatic carbocycles. The Labute approximate surface area is 177 Å². The summed E-state index contributed by atoms with van der Waals surface area (Å²) in [7, 11) is 1.59. The molecule has 0 amide bonds. The summed E-state index contributed by atoms with van der Waals surface area (Å²) < 4.78 is 19.1. The Kier molecular flexibility index (Phi) is 5.99. The van der Waals surface area contributed by atoms with Crippen LogP contribution in [0, 0.1) is 0 Å². The quantitative estimate of drug-likeness (QED) is 0.473. The first-order valence-corrected chi connectivity index (χ1v) is 9.90. The summed E-state index contributed by atoms with van der Waals surface area (Å²) in [5, 5.41) is 12.3. The van der Waals surface area contributed by atoms with Crippen LogP contribution in [-0.2, 0) is 4.79 Å². The molecule has 4 heterocycles. The molecule has 1 fully saturated rings. The van der Waals surface area contributed by atoms with Gasteiger partial charge in [0.2, 0.25) is 11.8 Å². The molecular weight excluding hydrogens is 402 g/mol. The van der Waals surface area contributed by atoms with Crippen molar-refractivity contribution in [3.05, 3.63) is 36.7 Å². The summed E-state index contributed by atoms with van der Waals surface area (Å²) in [6, 6.07) is 7.73. The van der Waals surface area contributed by atoms with Gasteiger partial charge in [-0.3, -0.25) is 4.79 Å². The molecule has 31 heavy (non-hydrogen) atoms. The van der Waals surface area contributed by atoms with Crippen molar-refractivity contribution in [2.75, 3.05) is 7.11 Å². The molecule has 0 unspecified atom stereocenters. The first-order valence-electron chi connectivity index (χ1n) is 9.90. The van der Waals surface area contributed by atoms with Gasteiger partial charge in [0.25, 0.3) is 6.47 Å². The zero-order chi connectivity index (χ0) is 21.8. The van der Waals surface area contributed by atoms with Gasteiger partial charge >= 0.3 is 0 Å². The molecule has 0 aliphatic heterocycles. The summed E-state index contributed by atoms with van der Waals surface area (Å²) in [6.07, 6.45) is 7.42. The summed E-state index contributed by atoms with van der Waals surface area (Å²) in [5.41, 5.74) is 8.14. The first kappa shape index (κ1) is 20.6. The Bertz CT molecular complexity index is 1180. The molecule has 0 bridgehead atoms. The molecule has 1 aliphatic rings. The minimum absolute atomic E-state index is 0.151. The van der Waals surface area contributed by atoms with Gasteiger partial charge in [-0.15, -0.1) is 5.10 Å². The van der Waals surface area contributed by atoms with E-state index >= 15 is 0 Å². The lowest BCUT2D eigenvalue weighted by molar-refractivity contribution is -0.122. The number of pyridine rings is 1. The summed E-state index contributed by atoms with van der Waals surface area (Å²) in [4.78, 5) is 17.0. The van der Waals surface area contributed by atoms with E-state index in [0.29, 0.717) is 23.1 Å². The SMILES string of the molecule is COc1nccc2oc(-c3cnc4ccc(OC5CCC(N)CC5)nn34)cc12.O=CO. The molecule has 0 saturated heterocycles. The molecule has 4 aromatic heterocycles. The highest BCUT2D eigenvalue weighted by Gasteiger charge is 2.21. The smallest absolute Gasteiger partial charge is 0.290 e. The molecular formula is C21H23N5O5. The molecule has 3 N–H and O–H groups in total. The van der Waals surface area contributed by atoms with E-state index in [2.05, 4.69) is 15.1 Å². The fraction of sp³-hybridized carbons (Fsp3) is 0.333. The van der Waals surface area contributed by atoms with Crippen LogP contribution in [0.5, 0.6) is 11.8 Å². The molecule has 1 saturated carbocycles. The summed E-state index contributed by atoms with van der Waals surface area (Å²) >= 11 is 0. The highest BCUT2D eigenvalue weighted by atomic mass is 16.5. The lowest BCUT2D eigenvalue weighted by Gasteiger charge is -2.26. The standard InChI is InChI=1S/C20H21N5O3.CH2O2/c1-26-20-14-10-17(28-16(14)8-9-22-20)15-11-23-18-6-7-19(24-25(15)18)27-13-4-2-12(21)3-5-13;2-1-3/h6-13H,2-5,21H2,1H3;1H,(H,2,3). The van der Waals surface area contributed by atoms with Crippen LogP contribution in [0.25, 0.3) is 28.1 Å². The van der Waals surface area contributed by atoms with E-state index in [1.165, 1.54) is 0 Å². The van der Waals surface area contributed by atoms with Crippen LogP contribution < -0.4 is 15.2 Å². The number of furan rings is 1. The van der Waals surface area contributed by atoms with Crippen molar-refractivity contribution in [2.24, 2.45) is 5.73 Å². The van der Waals surface area contributed by atoms with Gasteiger partial charge in [0, 0.05) is 24.4 Å². The molecule has 5 rings (SSSR count). The Morgan fingerprint density at radius 1 is 1.23 bits per heavy atom. The zero-order valence-corrected chi connectivity index (χ0v) is 17.0. The number of fused-ring (bicyclic) bond motifs is 2. The van der Waals surface area contributed by atoms with Crippen molar-refractivity contribution in [3.8, 4) is 23.2 Å². The summed E-state index contributed by atoms with van der Waals surface area (Å²) in [6.45, 7) is -0.250. The van der Waals surface area contributed by atoms with Crippen molar-refractivity contribution in [3.63, 3.8) is 0 Å². The van der Waals surface area contributed by atoms with E-state index in [-0.39, 0.29) is 18.6 Å². The van der Waals surface area contributed by atoms with E-state index in [1.807, 2.05) is 18.2 Å². The Morgan fingerprint density at radius 2 is 2.00 bits per heavy atom. The second kappa shape index (κ2) is 9.00.